The number of piperazine rings is 1. The van der Waals surface area contributed by atoms with Crippen LogP contribution in [0.3, 0.4) is 0 Å². The molecule has 7 heteroatoms. The summed E-state index contributed by atoms with van der Waals surface area (Å²) in [6, 6.07) is 16.0. The molecule has 3 fully saturated rings. The summed E-state index contributed by atoms with van der Waals surface area (Å²) in [7, 11) is 3.15. The molecule has 2 aromatic rings. The molecule has 3 heterocycles. The third kappa shape index (κ3) is 2.60. The molecule has 4 amide bonds. The molecular weight excluding hydrogens is 406 g/mol. The van der Waals surface area contributed by atoms with Crippen LogP contribution >= 0.6 is 0 Å². The predicted molar refractivity (Wildman–Crippen MR) is 116 cm³/mol. The van der Waals surface area contributed by atoms with Gasteiger partial charge >= 0.3 is 0 Å². The topological polar surface area (TPSA) is 78.0 Å². The molecule has 2 aromatic carbocycles. The fraction of sp³-hybridized carbons (Fsp3) is 0.360. The van der Waals surface area contributed by atoms with Crippen LogP contribution in [0.1, 0.15) is 21.5 Å². The Morgan fingerprint density at radius 3 is 2.28 bits per heavy atom. The van der Waals surface area contributed by atoms with Crippen molar-refractivity contribution in [2.45, 2.75) is 24.9 Å². The van der Waals surface area contributed by atoms with Crippen molar-refractivity contribution in [1.29, 1.82) is 0 Å². The third-order valence-electron chi connectivity index (χ3n) is 7.27. The molecule has 3 aliphatic rings. The first-order chi connectivity index (χ1) is 15.3. The zero-order valence-corrected chi connectivity index (χ0v) is 18.3. The lowest BCUT2D eigenvalue weighted by atomic mass is 9.75. The van der Waals surface area contributed by atoms with Gasteiger partial charge in [-0.15, -0.1) is 0 Å². The maximum Gasteiger partial charge on any atom is 0.255 e. The molecule has 0 aromatic heterocycles. The van der Waals surface area contributed by atoms with Crippen LogP contribution in [-0.4, -0.2) is 70.5 Å². The van der Waals surface area contributed by atoms with Gasteiger partial charge in [0.25, 0.3) is 5.91 Å². The molecule has 32 heavy (non-hydrogen) atoms. The van der Waals surface area contributed by atoms with E-state index in [-0.39, 0.29) is 36.6 Å². The number of amides is 4. The molecule has 0 unspecified atom stereocenters. The smallest absolute Gasteiger partial charge is 0.255 e. The number of hydrogen-bond donors (Lipinski definition) is 0. The summed E-state index contributed by atoms with van der Waals surface area (Å²) in [5, 5.41) is 0. The van der Waals surface area contributed by atoms with Crippen LogP contribution in [0.4, 0.5) is 0 Å². The normalized spacial score (nSPS) is 29.0. The van der Waals surface area contributed by atoms with Crippen molar-refractivity contribution in [2.75, 3.05) is 20.6 Å². The van der Waals surface area contributed by atoms with E-state index in [9.17, 15) is 19.2 Å². The van der Waals surface area contributed by atoms with Crippen LogP contribution in [-0.2, 0) is 20.8 Å². The molecule has 3 saturated heterocycles. The van der Waals surface area contributed by atoms with Crippen molar-refractivity contribution in [3.05, 3.63) is 71.3 Å². The lowest BCUT2D eigenvalue weighted by Crippen LogP contribution is -2.69. The van der Waals surface area contributed by atoms with Crippen LogP contribution in [0.5, 0.6) is 0 Å². The molecular formula is C25H25N3O4. The molecule has 7 nitrogen and oxygen atoms in total. The lowest BCUT2D eigenvalue weighted by molar-refractivity contribution is -0.154. The van der Waals surface area contributed by atoms with Gasteiger partial charge in [0.2, 0.25) is 17.7 Å². The molecule has 2 bridgehead atoms. The number of nitrogens with zero attached hydrogens (tertiary/aromatic N) is 3. The van der Waals surface area contributed by atoms with Gasteiger partial charge in [0.1, 0.15) is 5.54 Å². The van der Waals surface area contributed by atoms with Crippen molar-refractivity contribution < 1.29 is 19.2 Å². The Labute approximate surface area is 186 Å². The largest absolute Gasteiger partial charge is 0.342 e. The number of aryl methyl sites for hydroxylation is 1. The van der Waals surface area contributed by atoms with Gasteiger partial charge in [-0.25, -0.2) is 0 Å². The highest BCUT2D eigenvalue weighted by Gasteiger charge is 2.74. The number of fused-ring (bicyclic) bond motifs is 5. The Morgan fingerprint density at radius 2 is 1.62 bits per heavy atom. The van der Waals surface area contributed by atoms with E-state index in [0.29, 0.717) is 5.56 Å². The second-order valence-corrected chi connectivity index (χ2v) is 9.12. The van der Waals surface area contributed by atoms with E-state index in [0.717, 1.165) is 16.0 Å². The Hall–Kier alpha value is -3.48. The SMILES string of the molecule is Cc1ccc(C(=O)N2[C@@H]3CN(C)C(=O)[C@@]2(Cc2ccccc2)[C@H]2C(=O)N(C)C(=O)[C@@H]32)cc1. The number of imide groups is 1. The fourth-order valence-corrected chi connectivity index (χ4v) is 5.80. The number of carbonyl (C=O) groups excluding carboxylic acids is 4. The van der Waals surface area contributed by atoms with Crippen molar-refractivity contribution in [2.24, 2.45) is 11.8 Å². The molecule has 164 valence electrons. The average molecular weight is 431 g/mol. The Morgan fingerprint density at radius 1 is 0.969 bits per heavy atom. The number of carbonyl (C=O) groups is 4. The van der Waals surface area contributed by atoms with E-state index in [1.165, 1.54) is 7.05 Å². The zero-order chi connectivity index (χ0) is 22.8. The van der Waals surface area contributed by atoms with Gasteiger partial charge < -0.3 is 9.80 Å². The number of benzene rings is 2. The van der Waals surface area contributed by atoms with E-state index < -0.39 is 23.4 Å². The Bertz CT molecular complexity index is 1130. The van der Waals surface area contributed by atoms with Crippen molar-refractivity contribution in [1.82, 2.24) is 14.7 Å². The molecule has 3 aliphatic heterocycles. The summed E-state index contributed by atoms with van der Waals surface area (Å²) in [6.07, 6.45) is 0.180. The van der Waals surface area contributed by atoms with Gasteiger partial charge in [0.05, 0.1) is 17.9 Å². The van der Waals surface area contributed by atoms with E-state index in [1.54, 1.807) is 29.0 Å². The zero-order valence-electron chi connectivity index (χ0n) is 18.3. The van der Waals surface area contributed by atoms with Gasteiger partial charge in [0, 0.05) is 32.6 Å². The Kier molecular flexibility index (Phi) is 4.48. The van der Waals surface area contributed by atoms with E-state index in [1.807, 2.05) is 49.4 Å². The minimum atomic E-state index is -1.44. The van der Waals surface area contributed by atoms with Crippen molar-refractivity contribution in [3.63, 3.8) is 0 Å². The van der Waals surface area contributed by atoms with Crippen LogP contribution < -0.4 is 0 Å². The predicted octanol–water partition coefficient (Wildman–Crippen LogP) is 1.50. The molecule has 0 radical (unpaired) electrons. The van der Waals surface area contributed by atoms with E-state index >= 15 is 0 Å². The fourth-order valence-electron chi connectivity index (χ4n) is 5.80. The van der Waals surface area contributed by atoms with Crippen LogP contribution in [0.2, 0.25) is 0 Å². The highest BCUT2D eigenvalue weighted by molar-refractivity contribution is 6.13. The summed E-state index contributed by atoms with van der Waals surface area (Å²) in [6.45, 7) is 2.16. The molecule has 0 saturated carbocycles. The number of rotatable bonds is 3. The number of hydrogen-bond acceptors (Lipinski definition) is 4. The first kappa shape index (κ1) is 20.4. The van der Waals surface area contributed by atoms with Gasteiger partial charge in [-0.2, -0.15) is 0 Å². The van der Waals surface area contributed by atoms with E-state index in [2.05, 4.69) is 0 Å². The van der Waals surface area contributed by atoms with Gasteiger partial charge in [-0.3, -0.25) is 24.1 Å². The highest BCUT2D eigenvalue weighted by atomic mass is 16.2. The molecule has 4 atom stereocenters. The first-order valence-electron chi connectivity index (χ1n) is 10.8. The highest BCUT2D eigenvalue weighted by Crippen LogP contribution is 2.53. The standard InChI is InChI=1S/C25H25N3O4/c1-15-9-11-17(12-10-15)21(29)28-18-14-26(2)24(32)25(28,13-16-7-5-4-6-8-16)20-19(18)22(30)27(3)23(20)31/h4-12,18-20H,13-14H2,1-3H3/t18-,19+,20-,25-/m1/s1. The quantitative estimate of drug-likeness (QED) is 0.690. The van der Waals surface area contributed by atoms with E-state index in [4.69, 9.17) is 0 Å². The molecule has 0 aliphatic carbocycles. The van der Waals surface area contributed by atoms with Gasteiger partial charge in [-0.05, 0) is 24.6 Å². The molecule has 0 N–H and O–H groups in total. The minimum Gasteiger partial charge on any atom is -0.342 e. The average Bonchev–Trinajstić information content (AvgIpc) is 3.16. The first-order valence-corrected chi connectivity index (χ1v) is 10.8. The maximum absolute atomic E-state index is 13.9. The second-order valence-electron chi connectivity index (χ2n) is 9.12. The Balaban J connectivity index is 1.72. The summed E-state index contributed by atoms with van der Waals surface area (Å²) in [5.74, 6) is -2.92. The molecule has 5 rings (SSSR count). The summed E-state index contributed by atoms with van der Waals surface area (Å²) < 4.78 is 0. The third-order valence-corrected chi connectivity index (χ3v) is 7.27. The second kappa shape index (κ2) is 7.02. The summed E-state index contributed by atoms with van der Waals surface area (Å²) in [4.78, 5) is 58.5. The minimum absolute atomic E-state index is 0.180. The van der Waals surface area contributed by atoms with Crippen LogP contribution in [0.15, 0.2) is 54.6 Å². The number of likely N-dealkylation sites (tertiary alicyclic amines) is 2. The van der Waals surface area contributed by atoms with Crippen molar-refractivity contribution >= 4 is 23.6 Å². The van der Waals surface area contributed by atoms with Crippen molar-refractivity contribution in [3.8, 4) is 0 Å². The summed E-state index contributed by atoms with van der Waals surface area (Å²) in [5.41, 5.74) is 0.862. The van der Waals surface area contributed by atoms with Gasteiger partial charge in [-0.1, -0.05) is 48.0 Å². The van der Waals surface area contributed by atoms with Crippen LogP contribution in [0.25, 0.3) is 0 Å². The number of likely N-dealkylation sites (N-methyl/N-ethyl adjacent to an activating group) is 1. The lowest BCUT2D eigenvalue weighted by Gasteiger charge is -2.48. The molecule has 0 spiro atoms. The summed E-state index contributed by atoms with van der Waals surface area (Å²) >= 11 is 0. The van der Waals surface area contributed by atoms with Gasteiger partial charge in [0.15, 0.2) is 0 Å². The maximum atomic E-state index is 13.9. The monoisotopic (exact) mass is 431 g/mol. The van der Waals surface area contributed by atoms with Crippen LogP contribution in [0, 0.1) is 18.8 Å².